The van der Waals surface area contributed by atoms with E-state index in [0.717, 1.165) is 17.0 Å². The number of benzene rings is 1. The first kappa shape index (κ1) is 17.1. The molecule has 1 N–H and O–H groups in total. The van der Waals surface area contributed by atoms with Gasteiger partial charge in [-0.05, 0) is 51.8 Å². The van der Waals surface area contributed by atoms with Crippen LogP contribution in [0.15, 0.2) is 30.3 Å². The molecule has 23 heavy (non-hydrogen) atoms. The largest absolute Gasteiger partial charge is 0.496 e. The Kier molecular flexibility index (Phi) is 5.08. The summed E-state index contributed by atoms with van der Waals surface area (Å²) in [5.41, 5.74) is 2.37. The summed E-state index contributed by atoms with van der Waals surface area (Å²) in [6, 6.07) is 9.65. The molecule has 0 bridgehead atoms. The number of ether oxygens (including phenoxy) is 1. The molecule has 124 valence electrons. The number of methoxy groups -OCH3 is 1. The first-order chi connectivity index (χ1) is 10.8. The summed E-state index contributed by atoms with van der Waals surface area (Å²) in [6.45, 7) is 8.70. The molecule has 0 fully saturated rings. The van der Waals surface area contributed by atoms with Crippen molar-refractivity contribution in [3.05, 3.63) is 47.3 Å². The van der Waals surface area contributed by atoms with Gasteiger partial charge in [-0.2, -0.15) is 5.10 Å². The third-order valence-corrected chi connectivity index (χ3v) is 3.63. The molecule has 1 amide bonds. The predicted molar refractivity (Wildman–Crippen MR) is 91.0 cm³/mol. The van der Waals surface area contributed by atoms with Crippen molar-refractivity contribution in [3.63, 3.8) is 0 Å². The highest BCUT2D eigenvalue weighted by Crippen LogP contribution is 2.18. The van der Waals surface area contributed by atoms with Crippen molar-refractivity contribution in [2.24, 2.45) is 0 Å². The lowest BCUT2D eigenvalue weighted by Gasteiger charge is -2.21. The van der Waals surface area contributed by atoms with Crippen molar-refractivity contribution < 1.29 is 9.53 Å². The van der Waals surface area contributed by atoms with E-state index in [2.05, 4.69) is 31.2 Å². The molecule has 2 rings (SSSR count). The molecular formula is C18H25N3O2. The highest BCUT2D eigenvalue weighted by atomic mass is 16.5. The zero-order valence-corrected chi connectivity index (χ0v) is 14.5. The van der Waals surface area contributed by atoms with E-state index in [1.807, 2.05) is 41.9 Å². The lowest BCUT2D eigenvalue weighted by atomic mass is 10.1. The quantitative estimate of drug-likeness (QED) is 0.923. The second-order valence-electron chi connectivity index (χ2n) is 6.57. The van der Waals surface area contributed by atoms with E-state index < -0.39 is 0 Å². The molecule has 0 radical (unpaired) electrons. The van der Waals surface area contributed by atoms with Crippen LogP contribution >= 0.6 is 0 Å². The summed E-state index contributed by atoms with van der Waals surface area (Å²) in [6.07, 6.45) is 0.717. The van der Waals surface area contributed by atoms with Gasteiger partial charge in [0.25, 0.3) is 5.91 Å². The number of aryl methyl sites for hydroxylation is 1. The minimum atomic E-state index is -0.147. The van der Waals surface area contributed by atoms with Crippen LogP contribution < -0.4 is 10.1 Å². The number of nitrogens with one attached hydrogen (secondary N) is 1. The third-order valence-electron chi connectivity index (χ3n) is 3.63. The van der Waals surface area contributed by atoms with E-state index in [0.29, 0.717) is 18.7 Å². The van der Waals surface area contributed by atoms with Crippen LogP contribution in [0.25, 0.3) is 0 Å². The normalized spacial score (nSPS) is 11.3. The standard InChI is InChI=1S/C18H25N3O2/c1-13-12-15(20-21(13)18(2,3)4)17(22)19-11-10-14-8-6-7-9-16(14)23-5/h6-9,12H,10-11H2,1-5H3,(H,19,22). The summed E-state index contributed by atoms with van der Waals surface area (Å²) in [4.78, 5) is 12.3. The fraction of sp³-hybridized carbons (Fsp3) is 0.444. The number of nitrogens with zero attached hydrogens (tertiary/aromatic N) is 2. The molecule has 5 nitrogen and oxygen atoms in total. The lowest BCUT2D eigenvalue weighted by Crippen LogP contribution is -2.28. The Morgan fingerprint density at radius 3 is 2.61 bits per heavy atom. The number of hydrogen-bond acceptors (Lipinski definition) is 3. The Bertz CT molecular complexity index is 684. The minimum Gasteiger partial charge on any atom is -0.496 e. The Morgan fingerprint density at radius 1 is 1.30 bits per heavy atom. The highest BCUT2D eigenvalue weighted by Gasteiger charge is 2.20. The van der Waals surface area contributed by atoms with Crippen LogP contribution in [-0.2, 0) is 12.0 Å². The second kappa shape index (κ2) is 6.86. The fourth-order valence-corrected chi connectivity index (χ4v) is 2.58. The number of para-hydroxylation sites is 1. The molecule has 0 spiro atoms. The van der Waals surface area contributed by atoms with Gasteiger partial charge in [0, 0.05) is 12.2 Å². The number of hydrogen-bond donors (Lipinski definition) is 1. The van der Waals surface area contributed by atoms with Crippen molar-refractivity contribution in [1.82, 2.24) is 15.1 Å². The predicted octanol–water partition coefficient (Wildman–Crippen LogP) is 2.93. The van der Waals surface area contributed by atoms with Crippen LogP contribution in [0.5, 0.6) is 5.75 Å². The average Bonchev–Trinajstić information content (AvgIpc) is 2.90. The van der Waals surface area contributed by atoms with Gasteiger partial charge < -0.3 is 10.1 Å². The minimum absolute atomic E-state index is 0.139. The van der Waals surface area contributed by atoms with E-state index in [1.54, 1.807) is 7.11 Å². The van der Waals surface area contributed by atoms with Crippen LogP contribution in [-0.4, -0.2) is 29.3 Å². The van der Waals surface area contributed by atoms with Crippen molar-refractivity contribution in [1.29, 1.82) is 0 Å². The molecule has 0 unspecified atom stereocenters. The highest BCUT2D eigenvalue weighted by molar-refractivity contribution is 5.92. The molecule has 5 heteroatoms. The van der Waals surface area contributed by atoms with Crippen LogP contribution in [0.2, 0.25) is 0 Å². The Balaban J connectivity index is 1.98. The van der Waals surface area contributed by atoms with E-state index in [4.69, 9.17) is 4.74 Å². The molecule has 1 heterocycles. The molecule has 0 saturated heterocycles. The summed E-state index contributed by atoms with van der Waals surface area (Å²) in [5, 5.41) is 7.34. The molecular weight excluding hydrogens is 290 g/mol. The number of rotatable bonds is 5. The summed E-state index contributed by atoms with van der Waals surface area (Å²) in [5.74, 6) is 0.695. The van der Waals surface area contributed by atoms with Gasteiger partial charge in [0.15, 0.2) is 0 Å². The van der Waals surface area contributed by atoms with Gasteiger partial charge in [-0.25, -0.2) is 0 Å². The SMILES string of the molecule is COc1ccccc1CCNC(=O)c1cc(C)n(C(C)(C)C)n1. The first-order valence-corrected chi connectivity index (χ1v) is 7.80. The lowest BCUT2D eigenvalue weighted by molar-refractivity contribution is 0.0947. The van der Waals surface area contributed by atoms with Crippen LogP contribution in [0.4, 0.5) is 0 Å². The van der Waals surface area contributed by atoms with Crippen molar-refractivity contribution in [2.75, 3.05) is 13.7 Å². The summed E-state index contributed by atoms with van der Waals surface area (Å²) >= 11 is 0. The van der Waals surface area contributed by atoms with Crippen LogP contribution in [0.3, 0.4) is 0 Å². The molecule has 0 atom stereocenters. The smallest absolute Gasteiger partial charge is 0.271 e. The monoisotopic (exact) mass is 315 g/mol. The van der Waals surface area contributed by atoms with E-state index >= 15 is 0 Å². The fourth-order valence-electron chi connectivity index (χ4n) is 2.58. The zero-order valence-electron chi connectivity index (χ0n) is 14.5. The van der Waals surface area contributed by atoms with Gasteiger partial charge in [-0.15, -0.1) is 0 Å². The van der Waals surface area contributed by atoms with Crippen molar-refractivity contribution in [2.45, 2.75) is 39.7 Å². The van der Waals surface area contributed by atoms with Gasteiger partial charge in [-0.1, -0.05) is 18.2 Å². The van der Waals surface area contributed by atoms with Gasteiger partial charge in [0.1, 0.15) is 11.4 Å². The molecule has 1 aromatic heterocycles. The topological polar surface area (TPSA) is 56.1 Å². The maximum absolute atomic E-state index is 12.3. The Hall–Kier alpha value is -2.30. The maximum Gasteiger partial charge on any atom is 0.271 e. The maximum atomic E-state index is 12.3. The van der Waals surface area contributed by atoms with E-state index in [9.17, 15) is 4.79 Å². The van der Waals surface area contributed by atoms with Crippen molar-refractivity contribution >= 4 is 5.91 Å². The number of carbonyl (C=O) groups excluding carboxylic acids is 1. The third kappa shape index (κ3) is 4.12. The Labute approximate surface area is 137 Å². The van der Waals surface area contributed by atoms with Gasteiger partial charge >= 0.3 is 0 Å². The number of aromatic nitrogens is 2. The zero-order chi connectivity index (χ0) is 17.0. The first-order valence-electron chi connectivity index (χ1n) is 7.80. The van der Waals surface area contributed by atoms with Crippen LogP contribution in [0, 0.1) is 6.92 Å². The molecule has 0 aliphatic heterocycles. The van der Waals surface area contributed by atoms with Crippen LogP contribution in [0.1, 0.15) is 42.5 Å². The molecule has 0 saturated carbocycles. The average molecular weight is 315 g/mol. The number of amides is 1. The van der Waals surface area contributed by atoms with Crippen molar-refractivity contribution in [3.8, 4) is 5.75 Å². The molecule has 2 aromatic rings. The van der Waals surface area contributed by atoms with Gasteiger partial charge in [0.2, 0.25) is 0 Å². The van der Waals surface area contributed by atoms with Gasteiger partial charge in [-0.3, -0.25) is 9.48 Å². The Morgan fingerprint density at radius 2 is 2.00 bits per heavy atom. The van der Waals surface area contributed by atoms with E-state index in [-0.39, 0.29) is 11.4 Å². The van der Waals surface area contributed by atoms with Gasteiger partial charge in [0.05, 0.1) is 12.6 Å². The molecule has 0 aliphatic rings. The molecule has 1 aromatic carbocycles. The van der Waals surface area contributed by atoms with E-state index in [1.165, 1.54) is 0 Å². The number of carbonyl (C=O) groups is 1. The molecule has 0 aliphatic carbocycles. The summed E-state index contributed by atoms with van der Waals surface area (Å²) in [7, 11) is 1.65. The summed E-state index contributed by atoms with van der Waals surface area (Å²) < 4.78 is 7.19. The second-order valence-corrected chi connectivity index (χ2v) is 6.57.